The van der Waals surface area contributed by atoms with E-state index in [0.717, 1.165) is 5.56 Å². The molecule has 0 aliphatic rings. The molecule has 0 unspecified atom stereocenters. The lowest BCUT2D eigenvalue weighted by Gasteiger charge is -2.05. The van der Waals surface area contributed by atoms with Gasteiger partial charge < -0.3 is 9.72 Å². The minimum atomic E-state index is -0.103. The van der Waals surface area contributed by atoms with Crippen LogP contribution in [-0.2, 0) is 6.42 Å². The molecule has 0 aliphatic carbocycles. The van der Waals surface area contributed by atoms with E-state index in [-0.39, 0.29) is 5.56 Å². The lowest BCUT2D eigenvalue weighted by atomic mass is 10.1. The van der Waals surface area contributed by atoms with Gasteiger partial charge in [-0.05, 0) is 12.5 Å². The maximum atomic E-state index is 11.6. The first-order chi connectivity index (χ1) is 8.26. The van der Waals surface area contributed by atoms with Crippen LogP contribution in [0.2, 0.25) is 0 Å². The Labute approximate surface area is 98.5 Å². The van der Waals surface area contributed by atoms with Gasteiger partial charge in [0.15, 0.2) is 0 Å². The summed E-state index contributed by atoms with van der Waals surface area (Å²) in [6, 6.07) is 3.59. The molecule has 88 valence electrons. The molecule has 0 radical (unpaired) electrons. The molecule has 5 nitrogen and oxygen atoms in total. The Morgan fingerprint density at radius 1 is 1.35 bits per heavy atom. The summed E-state index contributed by atoms with van der Waals surface area (Å²) >= 11 is 0. The number of nitrogens with one attached hydrogen (secondary N) is 1. The first-order valence-electron chi connectivity index (χ1n) is 5.33. The van der Waals surface area contributed by atoms with Crippen molar-refractivity contribution in [2.24, 2.45) is 0 Å². The monoisotopic (exact) mass is 231 g/mol. The molecule has 0 aliphatic heterocycles. The fraction of sp³-hybridized carbons (Fsp3) is 0.250. The van der Waals surface area contributed by atoms with Gasteiger partial charge in [-0.3, -0.25) is 4.79 Å². The zero-order chi connectivity index (χ0) is 12.3. The molecule has 0 spiro atoms. The first-order valence-corrected chi connectivity index (χ1v) is 5.33. The minimum Gasteiger partial charge on any atom is -0.481 e. The highest BCUT2D eigenvalue weighted by atomic mass is 16.5. The summed E-state index contributed by atoms with van der Waals surface area (Å²) in [5.41, 5.74) is 2.05. The van der Waals surface area contributed by atoms with Crippen molar-refractivity contribution in [2.45, 2.75) is 13.3 Å². The summed E-state index contributed by atoms with van der Waals surface area (Å²) in [4.78, 5) is 22.5. The molecule has 0 atom stereocenters. The first kappa shape index (κ1) is 11.3. The maximum Gasteiger partial charge on any atom is 0.254 e. The molecule has 0 bridgehead atoms. The zero-order valence-corrected chi connectivity index (χ0v) is 9.73. The summed E-state index contributed by atoms with van der Waals surface area (Å²) < 4.78 is 4.99. The van der Waals surface area contributed by atoms with Gasteiger partial charge in [-0.2, -0.15) is 0 Å². The van der Waals surface area contributed by atoms with Crippen LogP contribution in [0.1, 0.15) is 12.5 Å². The van der Waals surface area contributed by atoms with E-state index in [1.54, 1.807) is 19.4 Å². The van der Waals surface area contributed by atoms with Crippen LogP contribution in [0.4, 0.5) is 0 Å². The van der Waals surface area contributed by atoms with Crippen LogP contribution in [-0.4, -0.2) is 22.1 Å². The summed E-state index contributed by atoms with van der Waals surface area (Å²) in [6.07, 6.45) is 3.69. The number of H-pyrrole nitrogens is 1. The van der Waals surface area contributed by atoms with E-state index in [4.69, 9.17) is 4.74 Å². The van der Waals surface area contributed by atoms with E-state index in [1.807, 2.05) is 13.0 Å². The predicted octanol–water partition coefficient (Wildman–Crippen LogP) is 1.40. The van der Waals surface area contributed by atoms with Gasteiger partial charge in [0, 0.05) is 23.4 Å². The SMILES string of the molecule is CCc1c(-c2ccc(OC)nc2)nc[nH]c1=O. The smallest absolute Gasteiger partial charge is 0.254 e. The number of rotatable bonds is 3. The van der Waals surface area contributed by atoms with Crippen LogP contribution < -0.4 is 10.3 Å². The van der Waals surface area contributed by atoms with Crippen LogP contribution in [0.15, 0.2) is 29.5 Å². The second-order valence-corrected chi connectivity index (χ2v) is 3.50. The lowest BCUT2D eigenvalue weighted by molar-refractivity contribution is 0.398. The van der Waals surface area contributed by atoms with Gasteiger partial charge in [0.2, 0.25) is 5.88 Å². The Morgan fingerprint density at radius 2 is 2.18 bits per heavy atom. The van der Waals surface area contributed by atoms with Crippen molar-refractivity contribution in [3.63, 3.8) is 0 Å². The van der Waals surface area contributed by atoms with Crippen molar-refractivity contribution in [3.05, 3.63) is 40.6 Å². The van der Waals surface area contributed by atoms with Crippen LogP contribution >= 0.6 is 0 Å². The van der Waals surface area contributed by atoms with Gasteiger partial charge in [-0.1, -0.05) is 6.92 Å². The number of ether oxygens (including phenoxy) is 1. The number of hydrogen-bond donors (Lipinski definition) is 1. The quantitative estimate of drug-likeness (QED) is 0.867. The molecule has 2 heterocycles. The molecule has 2 aromatic heterocycles. The lowest BCUT2D eigenvalue weighted by Crippen LogP contribution is -2.14. The maximum absolute atomic E-state index is 11.6. The van der Waals surface area contributed by atoms with E-state index in [9.17, 15) is 4.79 Å². The van der Waals surface area contributed by atoms with Gasteiger partial charge in [-0.15, -0.1) is 0 Å². The number of aromatic amines is 1. The molecule has 17 heavy (non-hydrogen) atoms. The third-order valence-electron chi connectivity index (χ3n) is 2.52. The molecule has 0 saturated heterocycles. The van der Waals surface area contributed by atoms with E-state index in [0.29, 0.717) is 23.6 Å². The van der Waals surface area contributed by atoms with Gasteiger partial charge in [0.25, 0.3) is 5.56 Å². The zero-order valence-electron chi connectivity index (χ0n) is 9.73. The summed E-state index contributed by atoms with van der Waals surface area (Å²) in [5.74, 6) is 0.539. The second-order valence-electron chi connectivity index (χ2n) is 3.50. The third kappa shape index (κ3) is 2.18. The van der Waals surface area contributed by atoms with Crippen molar-refractivity contribution in [3.8, 4) is 17.1 Å². The van der Waals surface area contributed by atoms with Crippen LogP contribution in [0.5, 0.6) is 5.88 Å². The Balaban J connectivity index is 2.52. The molecule has 5 heteroatoms. The number of pyridine rings is 1. The van der Waals surface area contributed by atoms with Crippen LogP contribution in [0, 0.1) is 0 Å². The van der Waals surface area contributed by atoms with E-state index < -0.39 is 0 Å². The van der Waals surface area contributed by atoms with Crippen LogP contribution in [0.25, 0.3) is 11.3 Å². The number of aromatic nitrogens is 3. The van der Waals surface area contributed by atoms with Crippen molar-refractivity contribution >= 4 is 0 Å². The average molecular weight is 231 g/mol. The van der Waals surface area contributed by atoms with Crippen LogP contribution in [0.3, 0.4) is 0 Å². The molecule has 0 saturated carbocycles. The molecule has 0 amide bonds. The fourth-order valence-corrected chi connectivity index (χ4v) is 1.65. The summed E-state index contributed by atoms with van der Waals surface area (Å²) in [7, 11) is 1.56. The average Bonchev–Trinajstić information content (AvgIpc) is 2.38. The highest BCUT2D eigenvalue weighted by Gasteiger charge is 2.09. The molecule has 2 aromatic rings. The molecular weight excluding hydrogens is 218 g/mol. The Morgan fingerprint density at radius 3 is 2.76 bits per heavy atom. The standard InChI is InChI=1S/C12H13N3O2/c1-3-9-11(14-7-15-12(9)16)8-4-5-10(17-2)13-6-8/h4-7H,3H2,1-2H3,(H,14,15,16). The topological polar surface area (TPSA) is 67.9 Å². The Hall–Kier alpha value is -2.17. The normalized spacial score (nSPS) is 10.2. The predicted molar refractivity (Wildman–Crippen MR) is 64.0 cm³/mol. The summed E-state index contributed by atoms with van der Waals surface area (Å²) in [6.45, 7) is 1.92. The van der Waals surface area contributed by atoms with Gasteiger partial charge >= 0.3 is 0 Å². The minimum absolute atomic E-state index is 0.103. The van der Waals surface area contributed by atoms with E-state index in [1.165, 1.54) is 6.33 Å². The third-order valence-corrected chi connectivity index (χ3v) is 2.52. The number of nitrogens with zero attached hydrogens (tertiary/aromatic N) is 2. The Bertz CT molecular complexity index is 561. The highest BCUT2D eigenvalue weighted by molar-refractivity contribution is 5.61. The fourth-order valence-electron chi connectivity index (χ4n) is 1.65. The highest BCUT2D eigenvalue weighted by Crippen LogP contribution is 2.19. The van der Waals surface area contributed by atoms with Crippen molar-refractivity contribution in [2.75, 3.05) is 7.11 Å². The van der Waals surface area contributed by atoms with Gasteiger partial charge in [0.05, 0.1) is 19.1 Å². The molecular formula is C12H13N3O2. The molecule has 1 N–H and O–H groups in total. The summed E-state index contributed by atoms with van der Waals surface area (Å²) in [5, 5.41) is 0. The second kappa shape index (κ2) is 4.78. The largest absolute Gasteiger partial charge is 0.481 e. The van der Waals surface area contributed by atoms with Crippen molar-refractivity contribution in [1.82, 2.24) is 15.0 Å². The van der Waals surface area contributed by atoms with E-state index >= 15 is 0 Å². The van der Waals surface area contributed by atoms with Crippen molar-refractivity contribution < 1.29 is 4.74 Å². The Kier molecular flexibility index (Phi) is 3.18. The molecule has 0 aromatic carbocycles. The van der Waals surface area contributed by atoms with Gasteiger partial charge in [-0.25, -0.2) is 9.97 Å². The molecule has 0 fully saturated rings. The number of hydrogen-bond acceptors (Lipinski definition) is 4. The number of methoxy groups -OCH3 is 1. The molecule has 2 rings (SSSR count). The van der Waals surface area contributed by atoms with Gasteiger partial charge in [0.1, 0.15) is 0 Å². The van der Waals surface area contributed by atoms with E-state index in [2.05, 4.69) is 15.0 Å². The van der Waals surface area contributed by atoms with Crippen molar-refractivity contribution in [1.29, 1.82) is 0 Å².